The third-order valence-corrected chi connectivity index (χ3v) is 6.33. The number of esters is 1. The number of cyclic esters (lactones) is 2. The number of nitrogens with one attached hydrogen (secondary N) is 1. The number of alkyl carbamates (subject to hydrolysis) is 1. The Morgan fingerprint density at radius 2 is 1.17 bits per heavy atom. The summed E-state index contributed by atoms with van der Waals surface area (Å²) in [6, 6.07) is 33.1. The molecule has 1 saturated heterocycles. The zero-order valence-corrected chi connectivity index (χ0v) is 26.0. The largest absolute Gasteiger partial charge is 0.489 e. The van der Waals surface area contributed by atoms with Crippen LogP contribution in [0.5, 0.6) is 11.5 Å². The lowest BCUT2D eigenvalue weighted by Crippen LogP contribution is -2.32. The normalized spacial score (nSPS) is 13.8. The van der Waals surface area contributed by atoms with E-state index in [1.807, 2.05) is 109 Å². The van der Waals surface area contributed by atoms with Crippen LogP contribution in [-0.2, 0) is 40.4 Å². The number of nitrogens with two attached hydrogens (primary N) is 1. The molecule has 10 nitrogen and oxygen atoms in total. The summed E-state index contributed by atoms with van der Waals surface area (Å²) in [5.41, 5.74) is 9.50. The first-order valence-electron chi connectivity index (χ1n) is 14.0. The number of carbonyl (C=O) groups is 4. The molecule has 1 fully saturated rings. The number of amides is 1. The molecule has 46 heavy (non-hydrogen) atoms. The number of benzene rings is 4. The highest BCUT2D eigenvalue weighted by atomic mass is 35.5. The molecular weight excluding hydrogens is 635 g/mol. The molecule has 1 amide bonds. The van der Waals surface area contributed by atoms with Gasteiger partial charge in [-0.15, -0.1) is 0 Å². The van der Waals surface area contributed by atoms with Crippen molar-refractivity contribution in [2.45, 2.75) is 38.1 Å². The highest BCUT2D eigenvalue weighted by Crippen LogP contribution is 2.17. The number of ether oxygens (including phenoxy) is 3. The molecule has 4 aromatic rings. The zero-order valence-electron chi connectivity index (χ0n) is 24.5. The number of carboxylic acids is 1. The first-order chi connectivity index (χ1) is 22.1. The lowest BCUT2D eigenvalue weighted by Gasteiger charge is -2.09. The Kier molecular flexibility index (Phi) is 14.5. The number of aliphatic carboxylic acids is 1. The third kappa shape index (κ3) is 13.4. The van der Waals surface area contributed by atoms with E-state index in [1.165, 1.54) is 0 Å². The number of carbonyl (C=O) groups excluding carboxylic acids is 3. The molecular formula is C34H32Cl2N2O8. The summed E-state index contributed by atoms with van der Waals surface area (Å²) >= 11 is 8.80. The predicted molar refractivity (Wildman–Crippen MR) is 173 cm³/mol. The molecule has 1 aliphatic heterocycles. The maximum absolute atomic E-state index is 11.4. The van der Waals surface area contributed by atoms with Crippen molar-refractivity contribution >= 4 is 45.9 Å². The van der Waals surface area contributed by atoms with Crippen molar-refractivity contribution in [2.24, 2.45) is 5.73 Å². The van der Waals surface area contributed by atoms with Gasteiger partial charge in [-0.1, -0.05) is 84.9 Å². The van der Waals surface area contributed by atoms with Crippen LogP contribution in [0.15, 0.2) is 109 Å². The van der Waals surface area contributed by atoms with E-state index in [0.29, 0.717) is 26.1 Å². The Morgan fingerprint density at radius 3 is 1.57 bits per heavy atom. The summed E-state index contributed by atoms with van der Waals surface area (Å²) < 4.78 is 14.9. The van der Waals surface area contributed by atoms with Crippen LogP contribution in [0.25, 0.3) is 0 Å². The van der Waals surface area contributed by atoms with Gasteiger partial charge >= 0.3 is 22.7 Å². The first kappa shape index (κ1) is 35.6. The second kappa shape index (κ2) is 18.8. The average Bonchev–Trinajstić information content (AvgIpc) is 3.37. The van der Waals surface area contributed by atoms with Crippen LogP contribution in [0.4, 0.5) is 9.59 Å². The molecule has 0 saturated carbocycles. The molecule has 0 unspecified atom stereocenters. The van der Waals surface area contributed by atoms with Gasteiger partial charge in [-0.05, 0) is 76.1 Å². The van der Waals surface area contributed by atoms with Crippen molar-refractivity contribution in [3.8, 4) is 11.5 Å². The summed E-state index contributed by atoms with van der Waals surface area (Å²) in [4.78, 5) is 42.0. The number of halogens is 2. The summed E-state index contributed by atoms with van der Waals surface area (Å²) in [6.07, 6.45) is 0.0375. The minimum absolute atomic E-state index is 0.314. The van der Waals surface area contributed by atoms with E-state index in [9.17, 15) is 14.4 Å². The van der Waals surface area contributed by atoms with Crippen molar-refractivity contribution in [2.75, 3.05) is 0 Å². The van der Waals surface area contributed by atoms with Gasteiger partial charge in [0, 0.05) is 6.42 Å². The van der Waals surface area contributed by atoms with Crippen molar-refractivity contribution in [3.05, 3.63) is 131 Å². The Hall–Kier alpha value is -4.90. The smallest absolute Gasteiger partial charge is 0.415 e. The van der Waals surface area contributed by atoms with Crippen molar-refractivity contribution < 1.29 is 38.5 Å². The molecule has 0 radical (unpaired) electrons. The summed E-state index contributed by atoms with van der Waals surface area (Å²) in [6.45, 7) is 1.01. The Balaban J connectivity index is 0.000000225. The lowest BCUT2D eigenvalue weighted by molar-refractivity contribution is -0.138. The fourth-order valence-electron chi connectivity index (χ4n) is 4.03. The monoisotopic (exact) mass is 666 g/mol. The van der Waals surface area contributed by atoms with E-state index in [2.05, 4.69) is 33.3 Å². The van der Waals surface area contributed by atoms with Crippen molar-refractivity contribution in [1.29, 1.82) is 0 Å². The highest BCUT2D eigenvalue weighted by Gasteiger charge is 2.32. The fourth-order valence-corrected chi connectivity index (χ4v) is 4.03. The van der Waals surface area contributed by atoms with E-state index in [1.54, 1.807) is 0 Å². The van der Waals surface area contributed by atoms with Gasteiger partial charge in [0.15, 0.2) is 0 Å². The van der Waals surface area contributed by atoms with E-state index < -0.39 is 34.8 Å². The van der Waals surface area contributed by atoms with E-state index >= 15 is 0 Å². The SMILES string of the molecule is N[C@@H](Cc1ccc(OCc2ccccc2)cc1)C(=O)O.O=C(Cl)Cl.O=C1N[C@@H](Cc2ccc(OCc3ccccc3)cc2)C(=O)O1. The lowest BCUT2D eigenvalue weighted by atomic mass is 10.1. The van der Waals surface area contributed by atoms with Crippen LogP contribution in [0.3, 0.4) is 0 Å². The molecule has 240 valence electrons. The average molecular weight is 668 g/mol. The van der Waals surface area contributed by atoms with Gasteiger partial charge < -0.3 is 30.4 Å². The maximum Gasteiger partial charge on any atom is 0.415 e. The standard InChI is InChI=1S/C17H15NO4.C16H17NO3.CCl2O/c19-16-15(18-17(20)22-16)10-12-6-8-14(9-7-12)21-11-13-4-2-1-3-5-13;17-15(16(18)19)10-12-6-8-14(9-7-12)20-11-13-4-2-1-3-5-13;2-1(3)4/h1-9,15H,10-11H2,(H,18,20);1-9,15H,10-11,17H2,(H,18,19);/t2*15-;/m00./s1. The minimum atomic E-state index is -0.991. The van der Waals surface area contributed by atoms with E-state index in [0.717, 1.165) is 33.8 Å². The van der Waals surface area contributed by atoms with Gasteiger partial charge in [0.1, 0.15) is 36.8 Å². The number of hydrogen-bond donors (Lipinski definition) is 3. The summed E-state index contributed by atoms with van der Waals surface area (Å²) in [7, 11) is 0. The maximum atomic E-state index is 11.4. The Labute approximate surface area is 276 Å². The molecule has 2 atom stereocenters. The number of hydrogen-bond acceptors (Lipinski definition) is 8. The van der Waals surface area contributed by atoms with Gasteiger partial charge in [0.25, 0.3) is 0 Å². The summed E-state index contributed by atoms with van der Waals surface area (Å²) in [5.74, 6) is -0.0176. The van der Waals surface area contributed by atoms with Crippen molar-refractivity contribution in [1.82, 2.24) is 5.32 Å². The van der Waals surface area contributed by atoms with E-state index in [4.69, 9.17) is 25.1 Å². The second-order valence-electron chi connectivity index (χ2n) is 9.82. The molecule has 12 heteroatoms. The first-order valence-corrected chi connectivity index (χ1v) is 14.7. The van der Waals surface area contributed by atoms with Gasteiger partial charge in [-0.25, -0.2) is 9.59 Å². The fraction of sp³-hybridized carbons (Fsp3) is 0.176. The molecule has 5 rings (SSSR count). The zero-order chi connectivity index (χ0) is 33.3. The molecule has 0 aliphatic carbocycles. The molecule has 0 aromatic heterocycles. The van der Waals surface area contributed by atoms with Crippen LogP contribution < -0.4 is 20.5 Å². The second-order valence-corrected chi connectivity index (χ2v) is 10.7. The van der Waals surface area contributed by atoms with Crippen LogP contribution in [0.2, 0.25) is 0 Å². The van der Waals surface area contributed by atoms with Crippen molar-refractivity contribution in [3.63, 3.8) is 0 Å². The Morgan fingerprint density at radius 1 is 0.739 bits per heavy atom. The van der Waals surface area contributed by atoms with Crippen LogP contribution >= 0.6 is 23.2 Å². The quantitative estimate of drug-likeness (QED) is 0.0957. The highest BCUT2D eigenvalue weighted by molar-refractivity contribution is 6.93. The molecule has 1 aliphatic rings. The van der Waals surface area contributed by atoms with Crippen LogP contribution in [-0.4, -0.2) is 39.9 Å². The molecule has 0 bridgehead atoms. The molecule has 1 heterocycles. The molecule has 4 aromatic carbocycles. The minimum Gasteiger partial charge on any atom is -0.489 e. The van der Waals surface area contributed by atoms with Gasteiger partial charge in [-0.2, -0.15) is 0 Å². The summed E-state index contributed by atoms with van der Waals surface area (Å²) in [5, 5.41) is 11.2. The topological polar surface area (TPSA) is 154 Å². The van der Waals surface area contributed by atoms with Crippen LogP contribution in [0, 0.1) is 0 Å². The molecule has 0 spiro atoms. The van der Waals surface area contributed by atoms with Gasteiger partial charge in [-0.3, -0.25) is 9.59 Å². The predicted octanol–water partition coefficient (Wildman–Crippen LogP) is 6.25. The van der Waals surface area contributed by atoms with Gasteiger partial charge in [0.05, 0.1) is 0 Å². The number of carboxylic acid groups (broad SMARTS) is 1. The number of rotatable bonds is 11. The van der Waals surface area contributed by atoms with Crippen LogP contribution in [0.1, 0.15) is 22.3 Å². The van der Waals surface area contributed by atoms with E-state index in [-0.39, 0.29) is 0 Å². The molecule has 4 N–H and O–H groups in total. The Bertz CT molecular complexity index is 1550. The third-order valence-electron chi connectivity index (χ3n) is 6.33. The van der Waals surface area contributed by atoms with Gasteiger partial charge in [0.2, 0.25) is 0 Å².